The maximum Gasteiger partial charge on any atom is 0.482 e. The first kappa shape index (κ1) is 15.1. The van der Waals surface area contributed by atoms with Crippen LogP contribution in [0.5, 0.6) is 0 Å². The lowest BCUT2D eigenvalue weighted by molar-refractivity contribution is 0.112. The summed E-state index contributed by atoms with van der Waals surface area (Å²) in [6, 6.07) is 0. The lowest BCUT2D eigenvalue weighted by atomic mass is 9.76. The summed E-state index contributed by atoms with van der Waals surface area (Å²) in [7, 11) is 0. The minimum absolute atomic E-state index is 0.0163. The number of carbonyl (C=O) groups excluding carboxylic acids is 1. The lowest BCUT2D eigenvalue weighted by Crippen LogP contribution is -2.21. The fourth-order valence-corrected chi connectivity index (χ4v) is 2.19. The first-order valence-corrected chi connectivity index (χ1v) is 5.56. The Morgan fingerprint density at radius 2 is 1.79 bits per heavy atom. The Morgan fingerprint density at radius 3 is 2.21 bits per heavy atom. The third-order valence-corrected chi connectivity index (χ3v) is 3.12. The normalized spacial score (nSPS) is 11.1. The second-order valence-electron chi connectivity index (χ2n) is 4.34. The molecule has 0 heterocycles. The van der Waals surface area contributed by atoms with Crippen LogP contribution in [0.4, 0.5) is 18.6 Å². The Morgan fingerprint density at radius 1 is 1.21 bits per heavy atom. The lowest BCUT2D eigenvalue weighted by Gasteiger charge is -2.22. The Kier molecular flexibility index (Phi) is 4.26. The molecule has 0 amide bonds. The van der Waals surface area contributed by atoms with Crippen LogP contribution < -0.4 is 0 Å². The zero-order chi connectivity index (χ0) is 14.8. The molecule has 19 heavy (non-hydrogen) atoms. The molecule has 1 aromatic carbocycles. The molecule has 0 bridgehead atoms. The van der Waals surface area contributed by atoms with Gasteiger partial charge < -0.3 is 12.9 Å². The zero-order valence-electron chi connectivity index (χ0n) is 10.7. The number of hydrogen-bond acceptors (Lipinski definition) is 2. The van der Waals surface area contributed by atoms with Crippen molar-refractivity contribution in [3.05, 3.63) is 38.3 Å². The zero-order valence-corrected chi connectivity index (χ0v) is 10.7. The molecule has 0 aliphatic carbocycles. The number of halogens is 3. The van der Waals surface area contributed by atoms with E-state index in [0.717, 1.165) is 0 Å². The van der Waals surface area contributed by atoms with E-state index in [4.69, 9.17) is 5.53 Å². The van der Waals surface area contributed by atoms with E-state index < -0.39 is 13.3 Å². The molecule has 1 rings (SSSR count). The number of benzene rings is 1. The number of hydrogen-bond donors (Lipinski definition) is 0. The van der Waals surface area contributed by atoms with Gasteiger partial charge in [0, 0.05) is 16.2 Å². The van der Waals surface area contributed by atoms with Gasteiger partial charge in [0.1, 0.15) is 0 Å². The molecule has 0 radical (unpaired) electrons. The van der Waals surface area contributed by atoms with E-state index >= 15 is 0 Å². The number of azide groups is 1. The van der Waals surface area contributed by atoms with Crippen LogP contribution in [0, 0.1) is 20.8 Å². The van der Waals surface area contributed by atoms with Crippen LogP contribution in [0.3, 0.4) is 0 Å². The fraction of sp³-hybridized carbons (Fsp3) is 0.364. The van der Waals surface area contributed by atoms with E-state index in [1.54, 1.807) is 6.92 Å². The highest BCUT2D eigenvalue weighted by atomic mass is 19.4. The van der Waals surface area contributed by atoms with Crippen molar-refractivity contribution in [2.75, 3.05) is 0 Å². The van der Waals surface area contributed by atoms with Gasteiger partial charge in [-0.3, -0.25) is 4.79 Å². The summed E-state index contributed by atoms with van der Waals surface area (Å²) >= 11 is 0. The maximum absolute atomic E-state index is 12.6. The highest BCUT2D eigenvalue weighted by molar-refractivity contribution is 6.58. The van der Waals surface area contributed by atoms with Gasteiger partial charge in [0.25, 0.3) is 0 Å². The van der Waals surface area contributed by atoms with Gasteiger partial charge in [-0.2, -0.15) is 0 Å². The maximum atomic E-state index is 12.6. The summed E-state index contributed by atoms with van der Waals surface area (Å²) in [5, 5.41) is 3.41. The van der Waals surface area contributed by atoms with Crippen molar-refractivity contribution in [2.45, 2.75) is 27.1 Å². The molecule has 1 aromatic rings. The third-order valence-electron chi connectivity index (χ3n) is 3.12. The Bertz CT molecular complexity index is 578. The van der Waals surface area contributed by atoms with Gasteiger partial charge in [-0.05, 0) is 43.0 Å². The molecule has 0 fully saturated rings. The molecule has 0 saturated heterocycles. The van der Waals surface area contributed by atoms with Crippen LogP contribution in [0.2, 0.25) is 0 Å². The monoisotopic (exact) mass is 270 g/mol. The van der Waals surface area contributed by atoms with Crippen LogP contribution in [-0.4, -0.2) is 13.3 Å². The van der Waals surface area contributed by atoms with E-state index in [0.29, 0.717) is 17.4 Å². The van der Waals surface area contributed by atoms with Gasteiger partial charge in [0.2, 0.25) is 0 Å². The molecular weight excluding hydrogens is 258 g/mol. The van der Waals surface area contributed by atoms with Gasteiger partial charge in [-0.1, -0.05) is 17.0 Å². The van der Waals surface area contributed by atoms with E-state index in [1.165, 1.54) is 13.8 Å². The average molecular weight is 270 g/mol. The quantitative estimate of drug-likeness (QED) is 0.264. The van der Waals surface area contributed by atoms with Crippen molar-refractivity contribution in [3.8, 4) is 0 Å². The van der Waals surface area contributed by atoms with Crippen LogP contribution >= 0.6 is 0 Å². The molecule has 0 saturated carbocycles. The number of nitrogens with zero attached hydrogens (tertiary/aromatic N) is 3. The van der Waals surface area contributed by atoms with Gasteiger partial charge in [0.05, 0.1) is 0 Å². The Labute approximate surface area is 108 Å². The van der Waals surface area contributed by atoms with Crippen molar-refractivity contribution in [2.24, 2.45) is 5.11 Å². The summed E-state index contributed by atoms with van der Waals surface area (Å²) in [4.78, 5) is 13.6. The molecule has 0 N–H and O–H groups in total. The predicted molar refractivity (Wildman–Crippen MR) is 67.6 cm³/mol. The van der Waals surface area contributed by atoms with Gasteiger partial charge in [-0.15, -0.1) is 0 Å². The number of carbonyl (C=O) groups is 1. The molecule has 102 valence electrons. The highest BCUT2D eigenvalue weighted by Gasteiger charge is 2.27. The molecule has 0 aliphatic heterocycles. The first-order chi connectivity index (χ1) is 8.72. The van der Waals surface area contributed by atoms with E-state index in [2.05, 4.69) is 10.0 Å². The van der Waals surface area contributed by atoms with Crippen LogP contribution in [0.15, 0.2) is 5.11 Å². The summed E-state index contributed by atoms with van der Waals surface area (Å²) in [6.45, 7) is -0.537. The fourth-order valence-electron chi connectivity index (χ4n) is 2.19. The molecular formula is C11H12BF3N3O-. The minimum atomic E-state index is -5.03. The molecule has 0 spiro atoms. The van der Waals surface area contributed by atoms with Gasteiger partial charge >= 0.3 is 6.98 Å². The van der Waals surface area contributed by atoms with Crippen molar-refractivity contribution >= 4 is 19.0 Å². The van der Waals surface area contributed by atoms with Crippen molar-refractivity contribution in [3.63, 3.8) is 0 Å². The Hall–Kier alpha value is -1.95. The smallest absolute Gasteiger partial charge is 0.449 e. The van der Waals surface area contributed by atoms with E-state index in [9.17, 15) is 17.7 Å². The van der Waals surface area contributed by atoms with Gasteiger partial charge in [-0.25, -0.2) is 0 Å². The second kappa shape index (κ2) is 5.36. The Balaban J connectivity index is 3.67. The summed E-state index contributed by atoms with van der Waals surface area (Å²) in [6.07, 6.45) is -0.597. The molecule has 0 unspecified atom stereocenters. The standard InChI is InChI=1S/C11H12BF3N3O/c1-6-9(4-12(13,14)15)7(2)11(17-18-16)8(3)10(6)5-19/h5H,4H2,1-3H3/q-1. The van der Waals surface area contributed by atoms with Crippen LogP contribution in [0.1, 0.15) is 32.6 Å². The van der Waals surface area contributed by atoms with Crippen molar-refractivity contribution in [1.29, 1.82) is 0 Å². The SMILES string of the molecule is Cc1c(C=O)c(C)c(N=[N+]=[N-])c(C)c1C[B-](F)(F)F. The number of aldehydes is 1. The highest BCUT2D eigenvalue weighted by Crippen LogP contribution is 2.34. The minimum Gasteiger partial charge on any atom is -0.449 e. The number of rotatable bonds is 4. The predicted octanol–water partition coefficient (Wildman–Crippen LogP) is 4.30. The molecule has 8 heteroatoms. The average Bonchev–Trinajstić information content (AvgIpc) is 2.30. The van der Waals surface area contributed by atoms with E-state index in [-0.39, 0.29) is 22.4 Å². The molecule has 0 aromatic heterocycles. The van der Waals surface area contributed by atoms with Gasteiger partial charge in [0.15, 0.2) is 6.29 Å². The topological polar surface area (TPSA) is 65.8 Å². The summed E-state index contributed by atoms with van der Waals surface area (Å²) in [5.41, 5.74) is 9.72. The van der Waals surface area contributed by atoms with Crippen molar-refractivity contribution < 1.29 is 17.7 Å². The molecule has 4 nitrogen and oxygen atoms in total. The second-order valence-corrected chi connectivity index (χ2v) is 4.34. The van der Waals surface area contributed by atoms with Crippen molar-refractivity contribution in [1.82, 2.24) is 0 Å². The summed E-state index contributed by atoms with van der Waals surface area (Å²) < 4.78 is 37.9. The molecule has 0 atom stereocenters. The largest absolute Gasteiger partial charge is 0.482 e. The summed E-state index contributed by atoms with van der Waals surface area (Å²) in [5.74, 6) is 0. The first-order valence-electron chi connectivity index (χ1n) is 5.56. The molecule has 0 aliphatic rings. The van der Waals surface area contributed by atoms with Crippen LogP contribution in [-0.2, 0) is 6.32 Å². The van der Waals surface area contributed by atoms with Crippen LogP contribution in [0.25, 0.3) is 10.4 Å². The van der Waals surface area contributed by atoms with E-state index in [1.807, 2.05) is 0 Å². The third kappa shape index (κ3) is 3.09.